The topological polar surface area (TPSA) is 12.0 Å². The fraction of sp³-hybridized carbons (Fsp3) is 0.294. The van der Waals surface area contributed by atoms with Crippen molar-refractivity contribution in [3.8, 4) is 0 Å². The van der Waals surface area contributed by atoms with E-state index in [0.717, 1.165) is 28.9 Å². The number of hydrogen-bond acceptors (Lipinski definition) is 1. The molecule has 106 valence electrons. The third kappa shape index (κ3) is 4.34. The summed E-state index contributed by atoms with van der Waals surface area (Å²) >= 11 is 9.87. The van der Waals surface area contributed by atoms with Crippen LogP contribution in [0.15, 0.2) is 53.0 Å². The van der Waals surface area contributed by atoms with Crippen LogP contribution in [-0.2, 0) is 6.42 Å². The molecule has 1 nitrogen and oxygen atoms in total. The minimum Gasteiger partial charge on any atom is -0.310 e. The van der Waals surface area contributed by atoms with E-state index in [-0.39, 0.29) is 6.04 Å². The molecule has 2 aromatic rings. The Hall–Kier alpha value is -0.830. The van der Waals surface area contributed by atoms with E-state index < -0.39 is 0 Å². The SMILES string of the molecule is CCNC(CCc1ccccc1)c1cc(Br)ccc1Cl. The summed E-state index contributed by atoms with van der Waals surface area (Å²) in [6.45, 7) is 3.06. The molecule has 3 heteroatoms. The van der Waals surface area contributed by atoms with E-state index in [9.17, 15) is 0 Å². The molecule has 0 aliphatic carbocycles. The van der Waals surface area contributed by atoms with Crippen LogP contribution in [-0.4, -0.2) is 6.54 Å². The predicted octanol–water partition coefficient (Wildman–Crippen LogP) is 5.39. The Bertz CT molecular complexity index is 542. The maximum absolute atomic E-state index is 6.35. The average Bonchev–Trinajstić information content (AvgIpc) is 2.47. The normalized spacial score (nSPS) is 12.3. The Labute approximate surface area is 134 Å². The summed E-state index contributed by atoms with van der Waals surface area (Å²) in [5.41, 5.74) is 2.53. The summed E-state index contributed by atoms with van der Waals surface area (Å²) in [5, 5.41) is 4.36. The molecule has 0 saturated carbocycles. The highest BCUT2D eigenvalue weighted by Gasteiger charge is 2.14. The summed E-state index contributed by atoms with van der Waals surface area (Å²) < 4.78 is 1.07. The molecule has 0 heterocycles. The highest BCUT2D eigenvalue weighted by Crippen LogP contribution is 2.29. The van der Waals surface area contributed by atoms with Crippen molar-refractivity contribution in [3.63, 3.8) is 0 Å². The van der Waals surface area contributed by atoms with E-state index in [1.165, 1.54) is 11.1 Å². The second-order valence-corrected chi connectivity index (χ2v) is 6.12. The van der Waals surface area contributed by atoms with Crippen LogP contribution < -0.4 is 5.32 Å². The third-order valence-corrected chi connectivity index (χ3v) is 4.19. The Morgan fingerprint density at radius 1 is 1.15 bits per heavy atom. The van der Waals surface area contributed by atoms with E-state index in [0.29, 0.717) is 0 Å². The molecule has 1 unspecified atom stereocenters. The van der Waals surface area contributed by atoms with Gasteiger partial charge in [-0.3, -0.25) is 0 Å². The highest BCUT2D eigenvalue weighted by molar-refractivity contribution is 9.10. The Kier molecular flexibility index (Phi) is 6.08. The molecule has 0 amide bonds. The molecular weight excluding hydrogens is 334 g/mol. The second-order valence-electron chi connectivity index (χ2n) is 4.80. The molecule has 1 atom stereocenters. The van der Waals surface area contributed by atoms with Crippen LogP contribution in [0, 0.1) is 0 Å². The Morgan fingerprint density at radius 3 is 2.60 bits per heavy atom. The number of halogens is 2. The lowest BCUT2D eigenvalue weighted by Gasteiger charge is -2.20. The van der Waals surface area contributed by atoms with Crippen LogP contribution in [0.4, 0.5) is 0 Å². The van der Waals surface area contributed by atoms with Gasteiger partial charge in [0, 0.05) is 15.5 Å². The first-order valence-electron chi connectivity index (χ1n) is 6.93. The van der Waals surface area contributed by atoms with E-state index in [1.807, 2.05) is 12.1 Å². The number of rotatable bonds is 6. The monoisotopic (exact) mass is 351 g/mol. The lowest BCUT2D eigenvalue weighted by molar-refractivity contribution is 0.515. The van der Waals surface area contributed by atoms with E-state index in [1.54, 1.807) is 0 Å². The van der Waals surface area contributed by atoms with Crippen molar-refractivity contribution in [3.05, 3.63) is 69.2 Å². The first-order chi connectivity index (χ1) is 9.70. The second kappa shape index (κ2) is 7.82. The van der Waals surface area contributed by atoms with Crippen molar-refractivity contribution < 1.29 is 0 Å². The summed E-state index contributed by atoms with van der Waals surface area (Å²) in [6.07, 6.45) is 2.08. The maximum Gasteiger partial charge on any atom is 0.0454 e. The van der Waals surface area contributed by atoms with Crippen LogP contribution in [0.2, 0.25) is 5.02 Å². The van der Waals surface area contributed by atoms with Gasteiger partial charge in [-0.2, -0.15) is 0 Å². The number of hydrogen-bond donors (Lipinski definition) is 1. The number of benzene rings is 2. The van der Waals surface area contributed by atoms with Gasteiger partial charge in [-0.05, 0) is 48.7 Å². The smallest absolute Gasteiger partial charge is 0.0454 e. The molecular formula is C17H19BrClN. The number of aryl methyl sites for hydroxylation is 1. The minimum atomic E-state index is 0.283. The van der Waals surface area contributed by atoms with Crippen LogP contribution in [0.3, 0.4) is 0 Å². The summed E-state index contributed by atoms with van der Waals surface area (Å²) in [4.78, 5) is 0. The van der Waals surface area contributed by atoms with Crippen molar-refractivity contribution in [2.24, 2.45) is 0 Å². The zero-order chi connectivity index (χ0) is 14.4. The Morgan fingerprint density at radius 2 is 1.90 bits per heavy atom. The molecule has 0 aliphatic rings. The highest BCUT2D eigenvalue weighted by atomic mass is 79.9. The van der Waals surface area contributed by atoms with Crippen molar-refractivity contribution >= 4 is 27.5 Å². The van der Waals surface area contributed by atoms with E-state index >= 15 is 0 Å². The summed E-state index contributed by atoms with van der Waals surface area (Å²) in [7, 11) is 0. The van der Waals surface area contributed by atoms with Gasteiger partial charge in [0.15, 0.2) is 0 Å². The molecule has 2 aromatic carbocycles. The largest absolute Gasteiger partial charge is 0.310 e. The van der Waals surface area contributed by atoms with Crippen LogP contribution >= 0.6 is 27.5 Å². The van der Waals surface area contributed by atoms with Crippen molar-refractivity contribution in [2.45, 2.75) is 25.8 Å². The quantitative estimate of drug-likeness (QED) is 0.735. The standard InChI is InChI=1S/C17H19BrClN/c1-2-20-17(11-8-13-6-4-3-5-7-13)15-12-14(18)9-10-16(15)19/h3-7,9-10,12,17,20H,2,8,11H2,1H3. The van der Waals surface area contributed by atoms with Gasteiger partial charge in [0.1, 0.15) is 0 Å². The third-order valence-electron chi connectivity index (χ3n) is 3.35. The van der Waals surface area contributed by atoms with Gasteiger partial charge in [-0.15, -0.1) is 0 Å². The molecule has 20 heavy (non-hydrogen) atoms. The zero-order valence-electron chi connectivity index (χ0n) is 11.6. The fourth-order valence-corrected chi connectivity index (χ4v) is 2.98. The molecule has 0 fully saturated rings. The average molecular weight is 353 g/mol. The van der Waals surface area contributed by atoms with Crippen LogP contribution in [0.5, 0.6) is 0 Å². The van der Waals surface area contributed by atoms with Crippen LogP contribution in [0.1, 0.15) is 30.5 Å². The zero-order valence-corrected chi connectivity index (χ0v) is 13.9. The van der Waals surface area contributed by atoms with E-state index in [4.69, 9.17) is 11.6 Å². The maximum atomic E-state index is 6.35. The van der Waals surface area contributed by atoms with Crippen molar-refractivity contribution in [1.29, 1.82) is 0 Å². The van der Waals surface area contributed by atoms with Crippen molar-refractivity contribution in [2.75, 3.05) is 6.54 Å². The van der Waals surface area contributed by atoms with Crippen LogP contribution in [0.25, 0.3) is 0 Å². The minimum absolute atomic E-state index is 0.283. The number of nitrogens with one attached hydrogen (secondary N) is 1. The van der Waals surface area contributed by atoms with Gasteiger partial charge in [-0.25, -0.2) is 0 Å². The van der Waals surface area contributed by atoms with Crippen molar-refractivity contribution in [1.82, 2.24) is 5.32 Å². The molecule has 0 spiro atoms. The molecule has 0 saturated heterocycles. The summed E-state index contributed by atoms with van der Waals surface area (Å²) in [6, 6.07) is 16.9. The van der Waals surface area contributed by atoms with Gasteiger partial charge >= 0.3 is 0 Å². The first kappa shape index (κ1) is 15.6. The lowest BCUT2D eigenvalue weighted by atomic mass is 9.99. The van der Waals surface area contributed by atoms with E-state index in [2.05, 4.69) is 64.6 Å². The van der Waals surface area contributed by atoms with Gasteiger partial charge in [0.25, 0.3) is 0 Å². The van der Waals surface area contributed by atoms with Gasteiger partial charge in [0.05, 0.1) is 0 Å². The van der Waals surface area contributed by atoms with Gasteiger partial charge in [0.2, 0.25) is 0 Å². The molecule has 0 aliphatic heterocycles. The predicted molar refractivity (Wildman–Crippen MR) is 90.3 cm³/mol. The fourth-order valence-electron chi connectivity index (χ4n) is 2.35. The summed E-state index contributed by atoms with van der Waals surface area (Å²) in [5.74, 6) is 0. The molecule has 0 bridgehead atoms. The Balaban J connectivity index is 2.12. The van der Waals surface area contributed by atoms with Gasteiger partial charge in [-0.1, -0.05) is 64.8 Å². The van der Waals surface area contributed by atoms with Gasteiger partial charge < -0.3 is 5.32 Å². The molecule has 0 aromatic heterocycles. The molecule has 2 rings (SSSR count). The molecule has 0 radical (unpaired) electrons. The molecule has 1 N–H and O–H groups in total. The first-order valence-corrected chi connectivity index (χ1v) is 8.10. The lowest BCUT2D eigenvalue weighted by Crippen LogP contribution is -2.21.